The Kier molecular flexibility index (Phi) is 5.28. The summed E-state index contributed by atoms with van der Waals surface area (Å²) in [5.41, 5.74) is 0. The van der Waals surface area contributed by atoms with Crippen LogP contribution < -0.4 is 5.32 Å². The van der Waals surface area contributed by atoms with Gasteiger partial charge in [0.15, 0.2) is 0 Å². The van der Waals surface area contributed by atoms with E-state index < -0.39 is 0 Å². The number of likely N-dealkylation sites (N-methyl/N-ethyl adjacent to an activating group) is 1. The average molecular weight is 211 g/mol. The first-order valence-electron chi connectivity index (χ1n) is 5.46. The monoisotopic (exact) mass is 211 g/mol. The van der Waals surface area contributed by atoms with Crippen molar-refractivity contribution in [2.75, 3.05) is 27.2 Å². The van der Waals surface area contributed by atoms with Crippen LogP contribution in [0, 0.1) is 0 Å². The van der Waals surface area contributed by atoms with Crippen LogP contribution in [0.15, 0.2) is 6.33 Å². The molecule has 1 aromatic rings. The van der Waals surface area contributed by atoms with Crippen molar-refractivity contribution in [1.82, 2.24) is 25.0 Å². The zero-order valence-electron chi connectivity index (χ0n) is 9.90. The van der Waals surface area contributed by atoms with Crippen LogP contribution in [0.5, 0.6) is 0 Å². The van der Waals surface area contributed by atoms with Gasteiger partial charge in [-0.25, -0.2) is 9.67 Å². The summed E-state index contributed by atoms with van der Waals surface area (Å²) in [4.78, 5) is 6.38. The highest BCUT2D eigenvalue weighted by Crippen LogP contribution is 1.94. The predicted octanol–water partition coefficient (Wildman–Crippen LogP) is 0.339. The van der Waals surface area contributed by atoms with E-state index in [2.05, 4.69) is 41.3 Å². The highest BCUT2D eigenvalue weighted by molar-refractivity contribution is 4.83. The third kappa shape index (κ3) is 4.40. The predicted molar refractivity (Wildman–Crippen MR) is 60.6 cm³/mol. The molecule has 0 aliphatic heterocycles. The van der Waals surface area contributed by atoms with E-state index in [4.69, 9.17) is 0 Å². The zero-order valence-corrected chi connectivity index (χ0v) is 9.90. The minimum atomic E-state index is 0.807. The molecule has 0 aliphatic carbocycles. The van der Waals surface area contributed by atoms with Gasteiger partial charge in [-0.2, -0.15) is 5.10 Å². The first-order chi connectivity index (χ1) is 7.24. The van der Waals surface area contributed by atoms with E-state index >= 15 is 0 Å². The van der Waals surface area contributed by atoms with Crippen LogP contribution in [0.3, 0.4) is 0 Å². The maximum Gasteiger partial charge on any atom is 0.140 e. The molecule has 0 amide bonds. The van der Waals surface area contributed by atoms with Crippen molar-refractivity contribution in [1.29, 1.82) is 0 Å². The molecule has 86 valence electrons. The van der Waals surface area contributed by atoms with Crippen molar-refractivity contribution < 1.29 is 0 Å². The van der Waals surface area contributed by atoms with Crippen LogP contribution in [-0.2, 0) is 13.1 Å². The first kappa shape index (κ1) is 12.1. The molecule has 0 saturated carbocycles. The summed E-state index contributed by atoms with van der Waals surface area (Å²) in [6.45, 7) is 5.88. The van der Waals surface area contributed by atoms with E-state index in [9.17, 15) is 0 Å². The Labute approximate surface area is 91.5 Å². The van der Waals surface area contributed by atoms with Gasteiger partial charge in [0.1, 0.15) is 12.2 Å². The molecule has 1 aromatic heterocycles. The Balaban J connectivity index is 2.39. The van der Waals surface area contributed by atoms with Crippen molar-refractivity contribution in [3.05, 3.63) is 12.2 Å². The van der Waals surface area contributed by atoms with Crippen LogP contribution in [-0.4, -0.2) is 46.8 Å². The SMILES string of the molecule is CCCNCc1ncnn1CCN(C)C. The molecule has 0 fully saturated rings. The largest absolute Gasteiger partial charge is 0.310 e. The molecule has 0 unspecified atom stereocenters. The standard InChI is InChI=1S/C10H21N5/c1-4-5-11-8-10-12-9-13-15(10)7-6-14(2)3/h9,11H,4-8H2,1-3H3. The summed E-state index contributed by atoms with van der Waals surface area (Å²) >= 11 is 0. The van der Waals surface area contributed by atoms with Gasteiger partial charge < -0.3 is 10.2 Å². The fraction of sp³-hybridized carbons (Fsp3) is 0.800. The van der Waals surface area contributed by atoms with Gasteiger partial charge in [-0.05, 0) is 27.1 Å². The van der Waals surface area contributed by atoms with E-state index in [1.807, 2.05) is 4.68 Å². The molecular formula is C10H21N5. The molecule has 5 heteroatoms. The van der Waals surface area contributed by atoms with E-state index in [0.29, 0.717) is 0 Å². The molecule has 1 heterocycles. The maximum absolute atomic E-state index is 4.24. The Morgan fingerprint density at radius 1 is 1.47 bits per heavy atom. The normalized spacial score (nSPS) is 11.2. The summed E-state index contributed by atoms with van der Waals surface area (Å²) in [6.07, 6.45) is 2.77. The minimum absolute atomic E-state index is 0.807. The van der Waals surface area contributed by atoms with Crippen LogP contribution >= 0.6 is 0 Å². The van der Waals surface area contributed by atoms with Crippen LogP contribution in [0.25, 0.3) is 0 Å². The number of hydrogen-bond acceptors (Lipinski definition) is 4. The molecule has 0 bridgehead atoms. The second-order valence-corrected chi connectivity index (χ2v) is 3.88. The van der Waals surface area contributed by atoms with Gasteiger partial charge in [-0.3, -0.25) is 0 Å². The van der Waals surface area contributed by atoms with Crippen molar-refractivity contribution in [2.45, 2.75) is 26.4 Å². The van der Waals surface area contributed by atoms with E-state index in [1.165, 1.54) is 0 Å². The molecule has 0 aromatic carbocycles. The summed E-state index contributed by atoms with van der Waals surface area (Å²) < 4.78 is 1.96. The molecule has 0 atom stereocenters. The fourth-order valence-corrected chi connectivity index (χ4v) is 1.28. The number of rotatable bonds is 7. The van der Waals surface area contributed by atoms with Gasteiger partial charge in [0.2, 0.25) is 0 Å². The van der Waals surface area contributed by atoms with Gasteiger partial charge in [0.05, 0.1) is 13.1 Å². The van der Waals surface area contributed by atoms with Crippen molar-refractivity contribution in [3.8, 4) is 0 Å². The molecular weight excluding hydrogens is 190 g/mol. The maximum atomic E-state index is 4.24. The Hall–Kier alpha value is -0.940. The number of hydrogen-bond donors (Lipinski definition) is 1. The lowest BCUT2D eigenvalue weighted by Crippen LogP contribution is -2.23. The highest BCUT2D eigenvalue weighted by Gasteiger charge is 2.03. The number of aromatic nitrogens is 3. The Morgan fingerprint density at radius 3 is 2.93 bits per heavy atom. The topological polar surface area (TPSA) is 46.0 Å². The second-order valence-electron chi connectivity index (χ2n) is 3.88. The highest BCUT2D eigenvalue weighted by atomic mass is 15.3. The third-order valence-corrected chi connectivity index (χ3v) is 2.16. The van der Waals surface area contributed by atoms with E-state index in [-0.39, 0.29) is 0 Å². The number of nitrogens with zero attached hydrogens (tertiary/aromatic N) is 4. The molecule has 1 N–H and O–H groups in total. The average Bonchev–Trinajstić information content (AvgIpc) is 2.63. The Morgan fingerprint density at radius 2 is 2.27 bits per heavy atom. The van der Waals surface area contributed by atoms with Gasteiger partial charge in [0, 0.05) is 6.54 Å². The summed E-state index contributed by atoms with van der Waals surface area (Å²) in [6, 6.07) is 0. The van der Waals surface area contributed by atoms with Gasteiger partial charge in [-0.1, -0.05) is 6.92 Å². The Bertz CT molecular complexity index is 269. The molecule has 0 saturated heterocycles. The molecule has 5 nitrogen and oxygen atoms in total. The van der Waals surface area contributed by atoms with Crippen molar-refractivity contribution >= 4 is 0 Å². The summed E-state index contributed by atoms with van der Waals surface area (Å²) in [7, 11) is 4.12. The van der Waals surface area contributed by atoms with Gasteiger partial charge >= 0.3 is 0 Å². The fourth-order valence-electron chi connectivity index (χ4n) is 1.28. The summed E-state index contributed by atoms with van der Waals surface area (Å²) in [5, 5.41) is 7.53. The molecule has 0 radical (unpaired) electrons. The van der Waals surface area contributed by atoms with Crippen molar-refractivity contribution in [2.24, 2.45) is 0 Å². The van der Waals surface area contributed by atoms with E-state index in [0.717, 1.165) is 38.4 Å². The first-order valence-corrected chi connectivity index (χ1v) is 5.46. The summed E-state index contributed by atoms with van der Waals surface area (Å²) in [5.74, 6) is 1.02. The lowest BCUT2D eigenvalue weighted by atomic mass is 10.4. The minimum Gasteiger partial charge on any atom is -0.310 e. The van der Waals surface area contributed by atoms with Gasteiger partial charge in [-0.15, -0.1) is 0 Å². The van der Waals surface area contributed by atoms with Crippen LogP contribution in [0.1, 0.15) is 19.2 Å². The lowest BCUT2D eigenvalue weighted by Gasteiger charge is -2.11. The van der Waals surface area contributed by atoms with Crippen molar-refractivity contribution in [3.63, 3.8) is 0 Å². The lowest BCUT2D eigenvalue weighted by molar-refractivity contribution is 0.367. The quantitative estimate of drug-likeness (QED) is 0.661. The number of nitrogens with one attached hydrogen (secondary N) is 1. The van der Waals surface area contributed by atoms with Gasteiger partial charge in [0.25, 0.3) is 0 Å². The zero-order chi connectivity index (χ0) is 11.1. The second kappa shape index (κ2) is 6.53. The molecule has 0 aliphatic rings. The smallest absolute Gasteiger partial charge is 0.140 e. The molecule has 15 heavy (non-hydrogen) atoms. The van der Waals surface area contributed by atoms with Crippen LogP contribution in [0.4, 0.5) is 0 Å². The van der Waals surface area contributed by atoms with E-state index in [1.54, 1.807) is 6.33 Å². The molecule has 0 spiro atoms. The molecule has 1 rings (SSSR count). The third-order valence-electron chi connectivity index (χ3n) is 2.16. The van der Waals surface area contributed by atoms with Crippen LogP contribution in [0.2, 0.25) is 0 Å².